The van der Waals surface area contributed by atoms with Gasteiger partial charge in [-0.1, -0.05) is 31.0 Å². The maximum absolute atomic E-state index is 13.5. The van der Waals surface area contributed by atoms with Crippen molar-refractivity contribution in [1.82, 2.24) is 10.0 Å². The van der Waals surface area contributed by atoms with E-state index in [0.29, 0.717) is 37.2 Å². The fourth-order valence-corrected chi connectivity index (χ4v) is 10.4. The van der Waals surface area contributed by atoms with Crippen LogP contribution >= 0.6 is 11.6 Å². The average Bonchev–Trinajstić information content (AvgIpc) is 3.21. The predicted octanol–water partition coefficient (Wildman–Crippen LogP) is 5.68. The predicted molar refractivity (Wildman–Crippen MR) is 187 cm³/mol. The summed E-state index contributed by atoms with van der Waals surface area (Å²) in [5.74, 6) is 1.05. The molecule has 3 aliphatic heterocycles. The second-order valence-corrected chi connectivity index (χ2v) is 17.5. The van der Waals surface area contributed by atoms with Crippen LogP contribution in [0.5, 0.6) is 5.75 Å². The molecule has 9 nitrogen and oxygen atoms in total. The maximum atomic E-state index is 13.5. The van der Waals surface area contributed by atoms with Gasteiger partial charge in [-0.3, -0.25) is 4.79 Å². The molecule has 0 radical (unpaired) electrons. The molecule has 0 aromatic heterocycles. The lowest BCUT2D eigenvalue weighted by Gasteiger charge is -2.49. The normalized spacial score (nSPS) is 35.3. The van der Waals surface area contributed by atoms with Gasteiger partial charge in [0.15, 0.2) is 6.29 Å². The summed E-state index contributed by atoms with van der Waals surface area (Å²) in [6, 6.07) is 11.8. The van der Waals surface area contributed by atoms with Crippen LogP contribution in [0.15, 0.2) is 36.4 Å². The molecule has 7 rings (SSSR count). The van der Waals surface area contributed by atoms with Crippen LogP contribution in [0.4, 0.5) is 5.69 Å². The number of amides is 1. The lowest BCUT2D eigenvalue weighted by molar-refractivity contribution is -0.231. The van der Waals surface area contributed by atoms with Crippen molar-refractivity contribution < 1.29 is 27.4 Å². The van der Waals surface area contributed by atoms with Gasteiger partial charge in [-0.15, -0.1) is 0 Å². The molecule has 0 unspecified atom stereocenters. The molecule has 1 amide bonds. The zero-order valence-electron chi connectivity index (χ0n) is 28.4. The highest BCUT2D eigenvalue weighted by Gasteiger charge is 2.46. The molecule has 2 N–H and O–H groups in total. The number of benzene rings is 2. The van der Waals surface area contributed by atoms with Crippen molar-refractivity contribution in [3.63, 3.8) is 0 Å². The Morgan fingerprint density at radius 3 is 2.56 bits per heavy atom. The molecule has 2 fully saturated rings. The molecule has 2 aromatic carbocycles. The van der Waals surface area contributed by atoms with Gasteiger partial charge in [0.1, 0.15) is 5.75 Å². The van der Waals surface area contributed by atoms with Crippen molar-refractivity contribution in [3.05, 3.63) is 58.1 Å². The van der Waals surface area contributed by atoms with Crippen LogP contribution in [0, 0.1) is 23.7 Å². The Balaban J connectivity index is 1.27. The first-order valence-corrected chi connectivity index (χ1v) is 19.8. The molecule has 1 saturated carbocycles. The standard InChI is InChI=1S/C37H50ClN3O6S/c1-23-6-4-8-31(36-45-19-29(39-3)20-46-36)30-12-9-27(30)18-41-21-37(15-5-7-25-16-28(38)11-13-32(25)37)22-47-34-14-10-26(17-33(34)41)35(42)40-48(43,44)24(23)2/h10-11,13-14,16-17,23-24,27,29-31,36,39H,4-9,12,15,18-22H2,1-3H3,(H,40,42)/t23-,24+,27-,29?,30+,31-,36?,37-/m0/s1. The van der Waals surface area contributed by atoms with E-state index >= 15 is 0 Å². The SMILES string of the molecule is CNC1COC([C@H]2CCC[C@H](C)[C@@H](C)S(=O)(=O)NC(=O)c3ccc4c(c3)N(C[C@@H]3CC[C@H]32)C[C@@]2(CCCc3cc(Cl)ccc32)CO4)OC1. The topological polar surface area (TPSA) is 106 Å². The van der Waals surface area contributed by atoms with E-state index in [1.165, 1.54) is 11.1 Å². The third-order valence-electron chi connectivity index (χ3n) is 12.2. The lowest BCUT2D eigenvalue weighted by atomic mass is 9.64. The number of ether oxygens (including phenoxy) is 3. The van der Waals surface area contributed by atoms with Crippen LogP contribution in [-0.4, -0.2) is 71.9 Å². The van der Waals surface area contributed by atoms with E-state index in [4.69, 9.17) is 25.8 Å². The molecule has 262 valence electrons. The average molecular weight is 700 g/mol. The highest BCUT2D eigenvalue weighted by Crippen LogP contribution is 2.49. The molecule has 6 atom stereocenters. The number of sulfonamides is 1. The van der Waals surface area contributed by atoms with Crippen molar-refractivity contribution in [2.24, 2.45) is 23.7 Å². The fourth-order valence-electron chi connectivity index (χ4n) is 8.90. The number of anilines is 1. The van der Waals surface area contributed by atoms with Crippen LogP contribution < -0.4 is 19.7 Å². The van der Waals surface area contributed by atoms with Gasteiger partial charge in [0.2, 0.25) is 10.0 Å². The minimum absolute atomic E-state index is 0.122. The fraction of sp³-hybridized carbons (Fsp3) is 0.649. The van der Waals surface area contributed by atoms with Crippen molar-refractivity contribution in [2.45, 2.75) is 88.2 Å². The van der Waals surface area contributed by atoms with E-state index in [2.05, 4.69) is 27.1 Å². The second kappa shape index (κ2) is 13.7. The zero-order valence-corrected chi connectivity index (χ0v) is 30.0. The van der Waals surface area contributed by atoms with Gasteiger partial charge in [0.05, 0.1) is 36.8 Å². The summed E-state index contributed by atoms with van der Waals surface area (Å²) < 4.78 is 48.7. The van der Waals surface area contributed by atoms with Gasteiger partial charge in [0.25, 0.3) is 5.91 Å². The van der Waals surface area contributed by atoms with Crippen LogP contribution in [0.2, 0.25) is 5.02 Å². The summed E-state index contributed by atoms with van der Waals surface area (Å²) in [6.07, 6.45) is 7.48. The smallest absolute Gasteiger partial charge is 0.264 e. The first-order chi connectivity index (χ1) is 23.1. The quantitative estimate of drug-likeness (QED) is 0.413. The molecule has 1 spiro atoms. The number of aryl methyl sites for hydroxylation is 1. The molecule has 2 bridgehead atoms. The summed E-state index contributed by atoms with van der Waals surface area (Å²) in [5.41, 5.74) is 3.48. The summed E-state index contributed by atoms with van der Waals surface area (Å²) in [6.45, 7) is 6.97. The lowest BCUT2D eigenvalue weighted by Crippen LogP contribution is -2.52. The molecule has 2 aliphatic carbocycles. The highest BCUT2D eigenvalue weighted by molar-refractivity contribution is 7.90. The van der Waals surface area contributed by atoms with Crippen molar-refractivity contribution in [2.75, 3.05) is 44.9 Å². The number of halogens is 1. The number of hydrogen-bond donors (Lipinski definition) is 2. The Labute approximate surface area is 290 Å². The Morgan fingerprint density at radius 2 is 1.81 bits per heavy atom. The molecule has 48 heavy (non-hydrogen) atoms. The summed E-state index contributed by atoms with van der Waals surface area (Å²) >= 11 is 6.46. The second-order valence-electron chi connectivity index (χ2n) is 15.1. The number of hydrogen-bond acceptors (Lipinski definition) is 8. The van der Waals surface area contributed by atoms with Crippen molar-refractivity contribution in [1.29, 1.82) is 0 Å². The number of nitrogens with one attached hydrogen (secondary N) is 2. The largest absolute Gasteiger partial charge is 0.490 e. The van der Waals surface area contributed by atoms with Gasteiger partial charge < -0.3 is 24.4 Å². The summed E-state index contributed by atoms with van der Waals surface area (Å²) in [7, 11) is -1.96. The number of likely N-dealkylation sites (N-methyl/N-ethyl adjacent to an activating group) is 1. The van der Waals surface area contributed by atoms with Gasteiger partial charge in [-0.25, -0.2) is 13.1 Å². The Kier molecular flexibility index (Phi) is 9.76. The van der Waals surface area contributed by atoms with Gasteiger partial charge in [0, 0.05) is 35.0 Å². The third kappa shape index (κ3) is 6.60. The van der Waals surface area contributed by atoms with Crippen LogP contribution in [0.25, 0.3) is 0 Å². The summed E-state index contributed by atoms with van der Waals surface area (Å²) in [5, 5.41) is 3.30. The molecular weight excluding hydrogens is 650 g/mol. The van der Waals surface area contributed by atoms with Gasteiger partial charge in [-0.05, 0) is 118 Å². The van der Waals surface area contributed by atoms with E-state index in [1.54, 1.807) is 13.0 Å². The van der Waals surface area contributed by atoms with Gasteiger partial charge in [-0.2, -0.15) is 0 Å². The summed E-state index contributed by atoms with van der Waals surface area (Å²) in [4.78, 5) is 16.0. The number of nitrogens with zero attached hydrogens (tertiary/aromatic N) is 1. The Morgan fingerprint density at radius 1 is 1.00 bits per heavy atom. The third-order valence-corrected chi connectivity index (χ3v) is 14.3. The molecule has 11 heteroatoms. The minimum atomic E-state index is -3.90. The van der Waals surface area contributed by atoms with Gasteiger partial charge >= 0.3 is 0 Å². The van der Waals surface area contributed by atoms with Crippen LogP contribution in [0.1, 0.15) is 80.3 Å². The minimum Gasteiger partial charge on any atom is -0.490 e. The number of rotatable bonds is 2. The first kappa shape index (κ1) is 34.1. The van der Waals surface area contributed by atoms with Crippen molar-refractivity contribution >= 4 is 33.2 Å². The van der Waals surface area contributed by atoms with E-state index in [9.17, 15) is 13.2 Å². The highest BCUT2D eigenvalue weighted by atomic mass is 35.5. The molecule has 2 aromatic rings. The molecule has 3 heterocycles. The molecular formula is C37H50ClN3O6S. The first-order valence-electron chi connectivity index (χ1n) is 17.8. The number of carbonyl (C=O) groups excluding carboxylic acids is 1. The van der Waals surface area contributed by atoms with Crippen molar-refractivity contribution in [3.8, 4) is 5.75 Å². The van der Waals surface area contributed by atoms with Crippen LogP contribution in [-0.2, 0) is 31.3 Å². The number of fused-ring (bicyclic) bond motifs is 4. The van der Waals surface area contributed by atoms with E-state index in [1.807, 2.05) is 32.2 Å². The van der Waals surface area contributed by atoms with E-state index in [-0.39, 0.29) is 29.6 Å². The van der Waals surface area contributed by atoms with E-state index in [0.717, 1.165) is 80.9 Å². The van der Waals surface area contributed by atoms with E-state index < -0.39 is 21.2 Å². The molecule has 5 aliphatic rings. The molecule has 1 saturated heterocycles. The number of carbonyl (C=O) groups is 1. The monoisotopic (exact) mass is 699 g/mol. The van der Waals surface area contributed by atoms with Crippen LogP contribution in [0.3, 0.4) is 0 Å². The Bertz CT molecular complexity index is 1610. The Hall–Kier alpha value is -2.37. The zero-order chi connectivity index (χ0) is 33.6. The maximum Gasteiger partial charge on any atom is 0.264 e.